The summed E-state index contributed by atoms with van der Waals surface area (Å²) < 4.78 is 0. The van der Waals surface area contributed by atoms with E-state index >= 15 is 0 Å². The van der Waals surface area contributed by atoms with E-state index in [9.17, 15) is 0 Å². The molecule has 0 bridgehead atoms. The third-order valence-corrected chi connectivity index (χ3v) is 3.14. The molecule has 0 atom stereocenters. The van der Waals surface area contributed by atoms with Crippen LogP contribution in [0.15, 0.2) is 18.3 Å². The minimum atomic E-state index is 0.540. The van der Waals surface area contributed by atoms with Gasteiger partial charge in [0.25, 0.3) is 0 Å². The smallest absolute Gasteiger partial charge is 0.136 e. The fourth-order valence-corrected chi connectivity index (χ4v) is 2.03. The molecule has 2 heterocycles. The molecule has 18 heavy (non-hydrogen) atoms. The van der Waals surface area contributed by atoms with Gasteiger partial charge in [-0.3, -0.25) is 4.98 Å². The van der Waals surface area contributed by atoms with Gasteiger partial charge in [-0.15, -0.1) is 0 Å². The van der Waals surface area contributed by atoms with E-state index < -0.39 is 0 Å². The van der Waals surface area contributed by atoms with Crippen LogP contribution in [0.5, 0.6) is 0 Å². The molecule has 0 saturated heterocycles. The van der Waals surface area contributed by atoms with Crippen molar-refractivity contribution in [2.24, 2.45) is 0 Å². The molecule has 94 valence electrons. The van der Waals surface area contributed by atoms with Crippen molar-refractivity contribution in [1.29, 1.82) is 0 Å². The molecule has 0 aromatic carbocycles. The highest BCUT2D eigenvalue weighted by molar-refractivity contribution is 6.30. The van der Waals surface area contributed by atoms with Gasteiger partial charge in [0.2, 0.25) is 0 Å². The number of pyridine rings is 1. The molecule has 2 aromatic heterocycles. The summed E-state index contributed by atoms with van der Waals surface area (Å²) in [6.07, 6.45) is 3.64. The van der Waals surface area contributed by atoms with Gasteiger partial charge in [-0.2, -0.15) is 0 Å². The van der Waals surface area contributed by atoms with Gasteiger partial charge in [0.05, 0.1) is 5.69 Å². The van der Waals surface area contributed by atoms with Gasteiger partial charge in [-0.1, -0.05) is 18.5 Å². The lowest BCUT2D eigenvalue weighted by Gasteiger charge is -2.09. The van der Waals surface area contributed by atoms with Crippen LogP contribution in [0, 0.1) is 13.8 Å². The lowest BCUT2D eigenvalue weighted by molar-refractivity contribution is 0.833. The summed E-state index contributed by atoms with van der Waals surface area (Å²) in [6, 6.07) is 3.97. The maximum Gasteiger partial charge on any atom is 0.136 e. The molecule has 0 amide bonds. The Balaban J connectivity index is 2.55. The largest absolute Gasteiger partial charge is 0.262 e. The zero-order valence-electron chi connectivity index (χ0n) is 10.9. The fourth-order valence-electron chi connectivity index (χ4n) is 1.84. The standard InChI is InChI=1S/C14H16ClN3/c1-4-5-12-17-13(10(3)14(15)18-12)11-6-7-16-9(2)8-11/h6-8H,4-5H2,1-3H3. The Morgan fingerprint density at radius 3 is 2.67 bits per heavy atom. The number of aromatic nitrogens is 3. The second-order valence-corrected chi connectivity index (χ2v) is 4.70. The van der Waals surface area contributed by atoms with Crippen LogP contribution in [0.4, 0.5) is 0 Å². The Labute approximate surface area is 112 Å². The van der Waals surface area contributed by atoms with Crippen molar-refractivity contribution in [3.63, 3.8) is 0 Å². The zero-order valence-corrected chi connectivity index (χ0v) is 11.6. The fraction of sp³-hybridized carbons (Fsp3) is 0.357. The first-order valence-corrected chi connectivity index (χ1v) is 6.45. The molecular formula is C14H16ClN3. The van der Waals surface area contributed by atoms with Crippen molar-refractivity contribution < 1.29 is 0 Å². The molecule has 4 heteroatoms. The lowest BCUT2D eigenvalue weighted by Crippen LogP contribution is -2.00. The van der Waals surface area contributed by atoms with Crippen molar-refractivity contribution in [2.45, 2.75) is 33.6 Å². The van der Waals surface area contributed by atoms with Crippen molar-refractivity contribution in [3.8, 4) is 11.3 Å². The first-order valence-electron chi connectivity index (χ1n) is 6.08. The highest BCUT2D eigenvalue weighted by Crippen LogP contribution is 2.26. The van der Waals surface area contributed by atoms with Crippen LogP contribution in [0.2, 0.25) is 5.15 Å². The van der Waals surface area contributed by atoms with Gasteiger partial charge >= 0.3 is 0 Å². The molecule has 0 aliphatic heterocycles. The summed E-state index contributed by atoms with van der Waals surface area (Å²) in [5.74, 6) is 0.803. The Morgan fingerprint density at radius 2 is 2.00 bits per heavy atom. The molecule has 0 aliphatic rings. The van der Waals surface area contributed by atoms with Crippen molar-refractivity contribution >= 4 is 11.6 Å². The molecule has 0 fully saturated rings. The van der Waals surface area contributed by atoms with Crippen LogP contribution in [0.3, 0.4) is 0 Å². The zero-order chi connectivity index (χ0) is 13.1. The third-order valence-electron chi connectivity index (χ3n) is 2.78. The van der Waals surface area contributed by atoms with Gasteiger partial charge in [-0.25, -0.2) is 9.97 Å². The van der Waals surface area contributed by atoms with E-state index in [1.54, 1.807) is 6.20 Å². The first-order chi connectivity index (χ1) is 8.61. The molecular weight excluding hydrogens is 246 g/mol. The van der Waals surface area contributed by atoms with E-state index in [2.05, 4.69) is 21.9 Å². The number of nitrogens with zero attached hydrogens (tertiary/aromatic N) is 3. The van der Waals surface area contributed by atoms with Crippen LogP contribution < -0.4 is 0 Å². The summed E-state index contributed by atoms with van der Waals surface area (Å²) in [5, 5.41) is 0.540. The Hall–Kier alpha value is -1.48. The molecule has 0 spiro atoms. The Bertz CT molecular complexity index is 567. The molecule has 0 N–H and O–H groups in total. The SMILES string of the molecule is CCCc1nc(Cl)c(C)c(-c2ccnc(C)c2)n1. The number of halogens is 1. The van der Waals surface area contributed by atoms with Crippen molar-refractivity contribution in [3.05, 3.63) is 40.6 Å². The number of rotatable bonds is 3. The predicted octanol–water partition coefficient (Wildman–Crippen LogP) is 3.76. The minimum absolute atomic E-state index is 0.540. The maximum atomic E-state index is 6.18. The summed E-state index contributed by atoms with van der Waals surface area (Å²) in [7, 11) is 0. The van der Waals surface area contributed by atoms with E-state index in [0.29, 0.717) is 5.15 Å². The molecule has 2 aromatic rings. The average Bonchev–Trinajstić information content (AvgIpc) is 2.34. The second-order valence-electron chi connectivity index (χ2n) is 4.34. The van der Waals surface area contributed by atoms with Crippen molar-refractivity contribution in [2.75, 3.05) is 0 Å². The van der Waals surface area contributed by atoms with E-state index in [1.807, 2.05) is 26.0 Å². The Kier molecular flexibility index (Phi) is 3.92. The lowest BCUT2D eigenvalue weighted by atomic mass is 10.1. The van der Waals surface area contributed by atoms with Crippen LogP contribution in [-0.4, -0.2) is 15.0 Å². The van der Waals surface area contributed by atoms with Gasteiger partial charge in [0.1, 0.15) is 11.0 Å². The van der Waals surface area contributed by atoms with Gasteiger partial charge in [-0.05, 0) is 32.4 Å². The molecule has 0 saturated carbocycles. The number of hydrogen-bond donors (Lipinski definition) is 0. The van der Waals surface area contributed by atoms with E-state index in [4.69, 9.17) is 11.6 Å². The van der Waals surface area contributed by atoms with Crippen LogP contribution in [0.1, 0.15) is 30.4 Å². The topological polar surface area (TPSA) is 38.7 Å². The highest BCUT2D eigenvalue weighted by atomic mass is 35.5. The third kappa shape index (κ3) is 2.67. The van der Waals surface area contributed by atoms with Gasteiger partial charge in [0, 0.05) is 29.4 Å². The quantitative estimate of drug-likeness (QED) is 0.790. The van der Waals surface area contributed by atoms with Gasteiger partial charge < -0.3 is 0 Å². The van der Waals surface area contributed by atoms with E-state index in [0.717, 1.165) is 41.2 Å². The summed E-state index contributed by atoms with van der Waals surface area (Å²) in [5.41, 5.74) is 3.84. The average molecular weight is 262 g/mol. The second kappa shape index (κ2) is 5.44. The summed E-state index contributed by atoms with van der Waals surface area (Å²) >= 11 is 6.18. The van der Waals surface area contributed by atoms with E-state index in [-0.39, 0.29) is 0 Å². The normalized spacial score (nSPS) is 10.7. The molecule has 0 radical (unpaired) electrons. The Morgan fingerprint density at radius 1 is 1.22 bits per heavy atom. The number of hydrogen-bond acceptors (Lipinski definition) is 3. The predicted molar refractivity (Wildman–Crippen MR) is 73.7 cm³/mol. The molecule has 3 nitrogen and oxygen atoms in total. The van der Waals surface area contributed by atoms with Crippen molar-refractivity contribution in [1.82, 2.24) is 15.0 Å². The summed E-state index contributed by atoms with van der Waals surface area (Å²) in [4.78, 5) is 13.1. The first kappa shape index (κ1) is 13.0. The van der Waals surface area contributed by atoms with Crippen LogP contribution in [0.25, 0.3) is 11.3 Å². The monoisotopic (exact) mass is 261 g/mol. The van der Waals surface area contributed by atoms with Crippen LogP contribution >= 0.6 is 11.6 Å². The van der Waals surface area contributed by atoms with Gasteiger partial charge in [0.15, 0.2) is 0 Å². The minimum Gasteiger partial charge on any atom is -0.262 e. The van der Waals surface area contributed by atoms with Crippen LogP contribution in [-0.2, 0) is 6.42 Å². The molecule has 0 unspecified atom stereocenters. The summed E-state index contributed by atoms with van der Waals surface area (Å²) in [6.45, 7) is 6.02. The molecule has 0 aliphatic carbocycles. The highest BCUT2D eigenvalue weighted by Gasteiger charge is 2.11. The number of aryl methyl sites for hydroxylation is 2. The molecule has 2 rings (SSSR count). The van der Waals surface area contributed by atoms with E-state index in [1.165, 1.54) is 0 Å². The maximum absolute atomic E-state index is 6.18.